The monoisotopic (exact) mass is 620 g/mol. The first-order valence-corrected chi connectivity index (χ1v) is 17.6. The highest BCUT2D eigenvalue weighted by atomic mass is 32.2. The standard InChI is InChI=1S/C40H21BN2OS2/c1-4-16-29-20(9-1)27-19-26-21-12-7-14-25-34(21)43(36-23-11-3-6-18-31(23)45-39(25)36)41-28-15-8-13-24-32-22-10-2-5-17-30(22)46-40(32)42(35(24)28)37(33(26)41)38(27)44-29/h1-19,32,40H. The first kappa shape index (κ1) is 23.4. The van der Waals surface area contributed by atoms with E-state index in [0.29, 0.717) is 5.92 Å². The van der Waals surface area contributed by atoms with Crippen LogP contribution in [0.4, 0.5) is 11.4 Å². The molecule has 0 saturated carbocycles. The number of para-hydroxylation sites is 3. The van der Waals surface area contributed by atoms with Gasteiger partial charge in [-0.3, -0.25) is 0 Å². The van der Waals surface area contributed by atoms with Gasteiger partial charge >= 0.3 is 6.85 Å². The lowest BCUT2D eigenvalue weighted by atomic mass is 9.45. The zero-order valence-corrected chi connectivity index (χ0v) is 26.0. The predicted octanol–water partition coefficient (Wildman–Crippen LogP) is 9.57. The SMILES string of the molecule is c1ccc2c(c1)SC1C2c2cccc3c2N1c1c2c(cc4c1oc1ccccc14)-c1cccc4c5sc6ccccc6c5n(c14)B32. The van der Waals surface area contributed by atoms with Crippen molar-refractivity contribution >= 4 is 105 Å². The average molecular weight is 621 g/mol. The second kappa shape index (κ2) is 7.72. The van der Waals surface area contributed by atoms with Gasteiger partial charge < -0.3 is 13.8 Å². The van der Waals surface area contributed by atoms with Crippen molar-refractivity contribution in [3.05, 3.63) is 126 Å². The van der Waals surface area contributed by atoms with E-state index in [4.69, 9.17) is 4.42 Å². The number of thiophene rings is 1. The molecule has 7 heterocycles. The quantitative estimate of drug-likeness (QED) is 0.158. The maximum Gasteiger partial charge on any atom is 0.333 e. The summed E-state index contributed by atoms with van der Waals surface area (Å²) in [5, 5.41) is 5.33. The number of rotatable bonds is 0. The average Bonchev–Trinajstić information content (AvgIpc) is 3.89. The van der Waals surface area contributed by atoms with Gasteiger partial charge in [-0.1, -0.05) is 103 Å². The highest BCUT2D eigenvalue weighted by Gasteiger charge is 2.54. The number of benzene rings is 6. The van der Waals surface area contributed by atoms with Crippen LogP contribution in [0.3, 0.4) is 0 Å². The van der Waals surface area contributed by atoms with Crippen LogP contribution in [0.2, 0.25) is 0 Å². The van der Waals surface area contributed by atoms with E-state index >= 15 is 0 Å². The number of thioether (sulfide) groups is 1. The van der Waals surface area contributed by atoms with Crippen LogP contribution in [0.25, 0.3) is 64.3 Å². The summed E-state index contributed by atoms with van der Waals surface area (Å²) in [6.45, 7) is 0.0424. The van der Waals surface area contributed by atoms with Crippen LogP contribution >= 0.6 is 23.1 Å². The number of hydrogen-bond acceptors (Lipinski definition) is 4. The van der Waals surface area contributed by atoms with Crippen molar-refractivity contribution in [2.45, 2.75) is 16.2 Å². The van der Waals surface area contributed by atoms with E-state index in [1.165, 1.54) is 91.4 Å². The fourth-order valence-corrected chi connectivity index (χ4v) is 12.2. The Kier molecular flexibility index (Phi) is 3.93. The molecule has 4 aliphatic rings. The van der Waals surface area contributed by atoms with Crippen molar-refractivity contribution in [1.82, 2.24) is 4.48 Å². The van der Waals surface area contributed by atoms with Gasteiger partial charge in [0.2, 0.25) is 0 Å². The molecule has 6 heteroatoms. The molecule has 0 amide bonds. The predicted molar refractivity (Wildman–Crippen MR) is 194 cm³/mol. The van der Waals surface area contributed by atoms with Gasteiger partial charge in [0.05, 0.1) is 21.3 Å². The van der Waals surface area contributed by atoms with Crippen molar-refractivity contribution < 1.29 is 4.42 Å². The molecule has 0 spiro atoms. The van der Waals surface area contributed by atoms with Gasteiger partial charge in [0, 0.05) is 53.8 Å². The molecule has 0 N–H and O–H groups in total. The molecule has 3 aromatic heterocycles. The molecule has 13 rings (SSSR count). The third-order valence-electron chi connectivity index (χ3n) is 11.1. The minimum absolute atomic E-state index is 0.0424. The van der Waals surface area contributed by atoms with Crippen molar-refractivity contribution in [2.24, 2.45) is 0 Å². The van der Waals surface area contributed by atoms with Crippen molar-refractivity contribution in [3.63, 3.8) is 0 Å². The van der Waals surface area contributed by atoms with Gasteiger partial charge in [-0.25, -0.2) is 0 Å². The Morgan fingerprint density at radius 3 is 2.43 bits per heavy atom. The van der Waals surface area contributed by atoms with E-state index in [1.807, 2.05) is 23.1 Å². The lowest BCUT2D eigenvalue weighted by Gasteiger charge is -2.40. The minimum atomic E-state index is 0.0424. The van der Waals surface area contributed by atoms with E-state index in [1.54, 1.807) is 0 Å². The fourth-order valence-electron chi connectivity index (χ4n) is 9.46. The van der Waals surface area contributed by atoms with Crippen LogP contribution in [0.5, 0.6) is 0 Å². The van der Waals surface area contributed by atoms with E-state index in [-0.39, 0.29) is 12.2 Å². The van der Waals surface area contributed by atoms with E-state index in [9.17, 15) is 0 Å². The summed E-state index contributed by atoms with van der Waals surface area (Å²) in [4.78, 5) is 4.09. The van der Waals surface area contributed by atoms with Crippen LogP contribution in [0, 0.1) is 0 Å². The van der Waals surface area contributed by atoms with Gasteiger partial charge in [-0.2, -0.15) is 0 Å². The number of hydrogen-bond donors (Lipinski definition) is 0. The summed E-state index contributed by atoms with van der Waals surface area (Å²) in [7, 11) is 0. The Morgan fingerprint density at radius 2 is 1.46 bits per heavy atom. The smallest absolute Gasteiger partial charge is 0.333 e. The van der Waals surface area contributed by atoms with E-state index in [2.05, 4.69) is 125 Å². The number of aromatic nitrogens is 1. The van der Waals surface area contributed by atoms with Gasteiger partial charge in [-0.05, 0) is 51.9 Å². The normalized spacial score (nSPS) is 18.3. The fraction of sp³-hybridized carbons (Fsp3) is 0.0500. The Balaban J connectivity index is 1.27. The number of fused-ring (bicyclic) bond motifs is 18. The summed E-state index contributed by atoms with van der Waals surface area (Å²) in [5.74, 6) is 0.306. The molecule has 0 radical (unpaired) electrons. The van der Waals surface area contributed by atoms with Crippen LogP contribution in [-0.4, -0.2) is 16.7 Å². The first-order chi connectivity index (χ1) is 22.8. The molecule has 0 fully saturated rings. The first-order valence-electron chi connectivity index (χ1n) is 16.0. The van der Waals surface area contributed by atoms with Gasteiger partial charge in [0.25, 0.3) is 0 Å². The summed E-state index contributed by atoms with van der Waals surface area (Å²) in [5.41, 5.74) is 15.6. The number of anilines is 2. The summed E-state index contributed by atoms with van der Waals surface area (Å²) >= 11 is 3.95. The molecule has 212 valence electrons. The molecule has 6 aromatic carbocycles. The molecule has 46 heavy (non-hydrogen) atoms. The van der Waals surface area contributed by atoms with Gasteiger partial charge in [0.1, 0.15) is 5.58 Å². The Hall–Kier alpha value is -4.91. The van der Waals surface area contributed by atoms with Crippen LogP contribution < -0.4 is 15.8 Å². The second-order valence-corrected chi connectivity index (χ2v) is 15.3. The summed E-state index contributed by atoms with van der Waals surface area (Å²) < 4.78 is 12.4. The van der Waals surface area contributed by atoms with Crippen molar-refractivity contribution in [3.8, 4) is 11.1 Å². The third-order valence-corrected chi connectivity index (χ3v) is 13.6. The second-order valence-electron chi connectivity index (χ2n) is 13.1. The molecule has 2 atom stereocenters. The molecule has 9 aromatic rings. The van der Waals surface area contributed by atoms with Crippen LogP contribution in [-0.2, 0) is 0 Å². The molecule has 0 aliphatic carbocycles. The molecular weight excluding hydrogens is 599 g/mol. The highest BCUT2D eigenvalue weighted by Crippen LogP contribution is 2.61. The molecule has 2 unspecified atom stereocenters. The Morgan fingerprint density at radius 1 is 0.652 bits per heavy atom. The Bertz CT molecular complexity index is 2900. The van der Waals surface area contributed by atoms with Crippen LogP contribution in [0.1, 0.15) is 17.0 Å². The molecule has 3 nitrogen and oxygen atoms in total. The van der Waals surface area contributed by atoms with Crippen molar-refractivity contribution in [2.75, 3.05) is 4.90 Å². The zero-order chi connectivity index (χ0) is 29.4. The van der Waals surface area contributed by atoms with Gasteiger partial charge in [0.15, 0.2) is 5.58 Å². The largest absolute Gasteiger partial charge is 0.454 e. The van der Waals surface area contributed by atoms with E-state index < -0.39 is 0 Å². The topological polar surface area (TPSA) is 21.3 Å². The van der Waals surface area contributed by atoms with Gasteiger partial charge in [-0.15, -0.1) is 11.3 Å². The summed E-state index contributed by atoms with van der Waals surface area (Å²) in [6.07, 6.45) is 0. The molecule has 0 saturated heterocycles. The lowest BCUT2D eigenvalue weighted by Crippen LogP contribution is -2.57. The molecule has 4 aliphatic heterocycles. The lowest BCUT2D eigenvalue weighted by molar-refractivity contribution is 0.667. The third kappa shape index (κ3) is 2.45. The zero-order valence-electron chi connectivity index (χ0n) is 24.3. The maximum atomic E-state index is 6.95. The van der Waals surface area contributed by atoms with Crippen molar-refractivity contribution in [1.29, 1.82) is 0 Å². The minimum Gasteiger partial charge on any atom is -0.454 e. The molecule has 0 bridgehead atoms. The maximum absolute atomic E-state index is 6.95. The van der Waals surface area contributed by atoms with Crippen LogP contribution in [0.15, 0.2) is 125 Å². The summed E-state index contributed by atoms with van der Waals surface area (Å²) in [6, 6.07) is 43.1. The van der Waals surface area contributed by atoms with E-state index in [0.717, 1.165) is 11.2 Å². The highest BCUT2D eigenvalue weighted by molar-refractivity contribution is 8.00. The number of nitrogens with zero attached hydrogens (tertiary/aromatic N) is 2. The number of furan rings is 1. The molecular formula is C40H21BN2OS2. The Labute approximate surface area is 271 Å².